The first-order chi connectivity index (χ1) is 13.7. The van der Waals surface area contributed by atoms with E-state index >= 15 is 0 Å². The molecule has 2 atom stereocenters. The minimum Gasteiger partial charge on any atom is -0.375 e. The fraction of sp³-hybridized carbons (Fsp3) is 0.455. The predicted octanol–water partition coefficient (Wildman–Crippen LogP) is 2.78. The molecule has 1 aromatic heterocycles. The molecule has 2 unspecified atom stereocenters. The van der Waals surface area contributed by atoms with Crippen LogP contribution in [0.2, 0.25) is 0 Å². The molecule has 2 N–H and O–H groups in total. The molecule has 2 aromatic rings. The molecular formula is C22H31N5O. The molecule has 2 heterocycles. The molecule has 0 saturated carbocycles. The molecule has 1 saturated heterocycles. The van der Waals surface area contributed by atoms with Gasteiger partial charge in [0.15, 0.2) is 5.96 Å². The van der Waals surface area contributed by atoms with Crippen molar-refractivity contribution in [2.75, 3.05) is 38.2 Å². The zero-order valence-electron chi connectivity index (χ0n) is 17.1. The quantitative estimate of drug-likeness (QED) is 0.595. The standard InChI is InChI=1S/C22H31N5O/c1-17(20-7-5-4-6-8-20)13-25-22(23-3)26-15-19-9-10-21(24-14-19)27-11-12-28-18(2)16-27/h4-10,14,17-18H,11-13,15-16H2,1-3H3,(H2,23,25,26). The molecule has 0 radical (unpaired) electrons. The van der Waals surface area contributed by atoms with Crippen molar-refractivity contribution >= 4 is 11.8 Å². The highest BCUT2D eigenvalue weighted by Gasteiger charge is 2.17. The molecule has 0 aliphatic carbocycles. The Labute approximate surface area is 168 Å². The fourth-order valence-electron chi connectivity index (χ4n) is 3.29. The predicted molar refractivity (Wildman–Crippen MR) is 115 cm³/mol. The normalized spacial score (nSPS) is 18.6. The summed E-state index contributed by atoms with van der Waals surface area (Å²) in [7, 11) is 1.80. The van der Waals surface area contributed by atoms with Crippen LogP contribution in [-0.2, 0) is 11.3 Å². The Bertz CT molecular complexity index is 747. The number of nitrogens with zero attached hydrogens (tertiary/aromatic N) is 3. The molecule has 28 heavy (non-hydrogen) atoms. The second-order valence-electron chi connectivity index (χ2n) is 7.27. The number of nitrogens with one attached hydrogen (secondary N) is 2. The van der Waals surface area contributed by atoms with Gasteiger partial charge in [-0.1, -0.05) is 43.3 Å². The highest BCUT2D eigenvalue weighted by molar-refractivity contribution is 5.79. The molecule has 3 rings (SSSR count). The topological polar surface area (TPSA) is 61.8 Å². The van der Waals surface area contributed by atoms with Crippen LogP contribution in [0.25, 0.3) is 0 Å². The van der Waals surface area contributed by atoms with Crippen LogP contribution in [0, 0.1) is 0 Å². The van der Waals surface area contributed by atoms with Gasteiger partial charge < -0.3 is 20.3 Å². The van der Waals surface area contributed by atoms with Gasteiger partial charge in [-0.05, 0) is 30.0 Å². The summed E-state index contributed by atoms with van der Waals surface area (Å²) >= 11 is 0. The Kier molecular flexibility index (Phi) is 7.25. The van der Waals surface area contributed by atoms with Gasteiger partial charge in [-0.25, -0.2) is 4.98 Å². The molecule has 1 aromatic carbocycles. The molecule has 6 nitrogen and oxygen atoms in total. The third-order valence-electron chi connectivity index (χ3n) is 5.00. The summed E-state index contributed by atoms with van der Waals surface area (Å²) in [5.41, 5.74) is 2.45. The summed E-state index contributed by atoms with van der Waals surface area (Å²) in [6, 6.07) is 14.7. The third-order valence-corrected chi connectivity index (χ3v) is 5.00. The monoisotopic (exact) mass is 381 g/mol. The van der Waals surface area contributed by atoms with Crippen LogP contribution < -0.4 is 15.5 Å². The van der Waals surface area contributed by atoms with Crippen molar-refractivity contribution < 1.29 is 4.74 Å². The van der Waals surface area contributed by atoms with E-state index < -0.39 is 0 Å². The second-order valence-corrected chi connectivity index (χ2v) is 7.27. The number of hydrogen-bond acceptors (Lipinski definition) is 4. The zero-order chi connectivity index (χ0) is 19.8. The van der Waals surface area contributed by atoms with Crippen LogP contribution in [0.4, 0.5) is 5.82 Å². The maximum absolute atomic E-state index is 5.60. The van der Waals surface area contributed by atoms with Crippen LogP contribution in [0.5, 0.6) is 0 Å². The Hall–Kier alpha value is -2.60. The number of hydrogen-bond donors (Lipinski definition) is 2. The molecule has 0 amide bonds. The van der Waals surface area contributed by atoms with Gasteiger partial charge in [0.25, 0.3) is 0 Å². The van der Waals surface area contributed by atoms with E-state index in [1.165, 1.54) is 5.56 Å². The fourth-order valence-corrected chi connectivity index (χ4v) is 3.29. The summed E-state index contributed by atoms with van der Waals surface area (Å²) in [6.07, 6.45) is 2.19. The number of anilines is 1. The van der Waals surface area contributed by atoms with Gasteiger partial charge in [-0.2, -0.15) is 0 Å². The first kappa shape index (κ1) is 20.1. The van der Waals surface area contributed by atoms with Crippen LogP contribution in [0.3, 0.4) is 0 Å². The Morgan fingerprint density at radius 1 is 1.25 bits per heavy atom. The van der Waals surface area contributed by atoms with Crippen LogP contribution in [0.15, 0.2) is 53.7 Å². The lowest BCUT2D eigenvalue weighted by Crippen LogP contribution is -2.41. The minimum absolute atomic E-state index is 0.254. The number of aliphatic imine (C=N–C) groups is 1. The summed E-state index contributed by atoms with van der Waals surface area (Å²) in [5, 5.41) is 6.77. The molecule has 0 spiro atoms. The first-order valence-electron chi connectivity index (χ1n) is 9.96. The summed E-state index contributed by atoms with van der Waals surface area (Å²) in [4.78, 5) is 11.2. The molecule has 1 aliphatic rings. The van der Waals surface area contributed by atoms with E-state index in [-0.39, 0.29) is 6.10 Å². The van der Waals surface area contributed by atoms with Gasteiger partial charge in [0.2, 0.25) is 0 Å². The number of ether oxygens (including phenoxy) is 1. The average Bonchev–Trinajstić information content (AvgIpc) is 2.74. The largest absolute Gasteiger partial charge is 0.375 e. The van der Waals surface area contributed by atoms with Crippen molar-refractivity contribution in [1.29, 1.82) is 0 Å². The van der Waals surface area contributed by atoms with E-state index in [0.717, 1.165) is 43.6 Å². The van der Waals surface area contributed by atoms with Gasteiger partial charge in [0, 0.05) is 39.4 Å². The minimum atomic E-state index is 0.254. The lowest BCUT2D eigenvalue weighted by Gasteiger charge is -2.32. The zero-order valence-corrected chi connectivity index (χ0v) is 17.1. The third kappa shape index (κ3) is 5.70. The van der Waals surface area contributed by atoms with E-state index in [1.54, 1.807) is 7.05 Å². The van der Waals surface area contributed by atoms with Crippen molar-refractivity contribution in [3.8, 4) is 0 Å². The molecule has 0 bridgehead atoms. The maximum atomic E-state index is 5.60. The van der Waals surface area contributed by atoms with E-state index in [2.05, 4.69) is 75.8 Å². The molecular weight excluding hydrogens is 350 g/mol. The van der Waals surface area contributed by atoms with Crippen molar-refractivity contribution in [3.63, 3.8) is 0 Å². The molecule has 1 fully saturated rings. The summed E-state index contributed by atoms with van der Waals surface area (Å²) in [6.45, 7) is 8.37. The Morgan fingerprint density at radius 2 is 2.07 bits per heavy atom. The summed E-state index contributed by atoms with van der Waals surface area (Å²) in [5.74, 6) is 2.23. The molecule has 6 heteroatoms. The number of benzene rings is 1. The Morgan fingerprint density at radius 3 is 2.75 bits per heavy atom. The number of aromatic nitrogens is 1. The van der Waals surface area contributed by atoms with E-state index in [1.807, 2.05) is 12.3 Å². The molecule has 150 valence electrons. The van der Waals surface area contributed by atoms with Gasteiger partial charge in [0.05, 0.1) is 12.7 Å². The molecule has 1 aliphatic heterocycles. The highest BCUT2D eigenvalue weighted by Crippen LogP contribution is 2.15. The van der Waals surface area contributed by atoms with Crippen LogP contribution in [0.1, 0.15) is 30.9 Å². The van der Waals surface area contributed by atoms with E-state index in [9.17, 15) is 0 Å². The number of pyridine rings is 1. The van der Waals surface area contributed by atoms with Crippen LogP contribution >= 0.6 is 0 Å². The number of guanidine groups is 1. The average molecular weight is 382 g/mol. The first-order valence-corrected chi connectivity index (χ1v) is 9.96. The Balaban J connectivity index is 1.47. The van der Waals surface area contributed by atoms with Crippen molar-refractivity contribution in [2.45, 2.75) is 32.4 Å². The lowest BCUT2D eigenvalue weighted by atomic mass is 10.0. The lowest BCUT2D eigenvalue weighted by molar-refractivity contribution is 0.0529. The van der Waals surface area contributed by atoms with Crippen molar-refractivity contribution in [1.82, 2.24) is 15.6 Å². The number of rotatable bonds is 6. The van der Waals surface area contributed by atoms with Crippen molar-refractivity contribution in [3.05, 3.63) is 59.8 Å². The smallest absolute Gasteiger partial charge is 0.191 e. The van der Waals surface area contributed by atoms with Gasteiger partial charge in [-0.3, -0.25) is 4.99 Å². The van der Waals surface area contributed by atoms with Crippen molar-refractivity contribution in [2.24, 2.45) is 4.99 Å². The van der Waals surface area contributed by atoms with E-state index in [0.29, 0.717) is 12.5 Å². The van der Waals surface area contributed by atoms with Crippen LogP contribution in [-0.4, -0.2) is 50.3 Å². The highest BCUT2D eigenvalue weighted by atomic mass is 16.5. The maximum Gasteiger partial charge on any atom is 0.191 e. The van der Waals surface area contributed by atoms with Gasteiger partial charge >= 0.3 is 0 Å². The van der Waals surface area contributed by atoms with Gasteiger partial charge in [-0.15, -0.1) is 0 Å². The summed E-state index contributed by atoms with van der Waals surface area (Å²) < 4.78 is 5.60. The number of morpholine rings is 1. The second kappa shape index (κ2) is 10.1. The SMILES string of the molecule is CN=C(NCc1ccc(N2CCOC(C)C2)nc1)NCC(C)c1ccccc1. The van der Waals surface area contributed by atoms with E-state index in [4.69, 9.17) is 4.74 Å². The van der Waals surface area contributed by atoms with Gasteiger partial charge in [0.1, 0.15) is 5.82 Å².